The summed E-state index contributed by atoms with van der Waals surface area (Å²) in [5.74, 6) is -0.473. The molecule has 1 heterocycles. The van der Waals surface area contributed by atoms with E-state index in [2.05, 4.69) is 5.32 Å². The molecule has 3 rings (SSSR count). The summed E-state index contributed by atoms with van der Waals surface area (Å²) in [5.41, 5.74) is 3.06. The zero-order valence-corrected chi connectivity index (χ0v) is 15.4. The van der Waals surface area contributed by atoms with Crippen LogP contribution in [0.25, 0.3) is 0 Å². The van der Waals surface area contributed by atoms with Crippen LogP contribution in [0.15, 0.2) is 42.5 Å². The van der Waals surface area contributed by atoms with Gasteiger partial charge in [-0.15, -0.1) is 0 Å². The Morgan fingerprint density at radius 3 is 2.62 bits per heavy atom. The fourth-order valence-electron chi connectivity index (χ4n) is 3.10. The van der Waals surface area contributed by atoms with Gasteiger partial charge in [-0.05, 0) is 54.7 Å². The van der Waals surface area contributed by atoms with E-state index in [1.54, 1.807) is 24.3 Å². The molecule has 2 aromatic rings. The fourth-order valence-corrected chi connectivity index (χ4v) is 4.08. The predicted molar refractivity (Wildman–Crippen MR) is 100 cm³/mol. The van der Waals surface area contributed by atoms with Gasteiger partial charge in [0.25, 0.3) is 0 Å². The number of hydrogen-bond acceptors (Lipinski definition) is 3. The van der Waals surface area contributed by atoms with Crippen molar-refractivity contribution in [3.8, 4) is 0 Å². The van der Waals surface area contributed by atoms with Gasteiger partial charge in [-0.3, -0.25) is 9.10 Å². The first-order valence-electron chi connectivity index (χ1n) is 8.48. The molecule has 0 atom stereocenters. The van der Waals surface area contributed by atoms with Crippen molar-refractivity contribution in [1.82, 2.24) is 0 Å². The average molecular weight is 376 g/mol. The number of halogens is 1. The van der Waals surface area contributed by atoms with Gasteiger partial charge in [0.15, 0.2) is 0 Å². The summed E-state index contributed by atoms with van der Waals surface area (Å²) in [6.45, 7) is 0.452. The molecule has 1 N–H and O–H groups in total. The molecule has 0 unspecified atom stereocenters. The molecular weight excluding hydrogens is 355 g/mol. The highest BCUT2D eigenvalue weighted by molar-refractivity contribution is 7.92. The molecule has 0 bridgehead atoms. The number of carbonyl (C=O) groups excluding carboxylic acids is 1. The van der Waals surface area contributed by atoms with Gasteiger partial charge in [-0.1, -0.05) is 18.2 Å². The molecule has 0 radical (unpaired) electrons. The molecule has 7 heteroatoms. The molecule has 1 aliphatic rings. The van der Waals surface area contributed by atoms with Gasteiger partial charge in [-0.2, -0.15) is 0 Å². The minimum Gasteiger partial charge on any atom is -0.326 e. The highest BCUT2D eigenvalue weighted by Gasteiger charge is 2.24. The van der Waals surface area contributed by atoms with Crippen LogP contribution in [0.5, 0.6) is 0 Å². The van der Waals surface area contributed by atoms with Crippen molar-refractivity contribution >= 4 is 27.3 Å². The summed E-state index contributed by atoms with van der Waals surface area (Å²) >= 11 is 0. The highest BCUT2D eigenvalue weighted by atomic mass is 32.2. The van der Waals surface area contributed by atoms with E-state index in [0.29, 0.717) is 24.3 Å². The van der Waals surface area contributed by atoms with Crippen LogP contribution in [-0.2, 0) is 27.7 Å². The van der Waals surface area contributed by atoms with Crippen LogP contribution in [0.2, 0.25) is 0 Å². The number of aryl methyl sites for hydroxylation is 2. The highest BCUT2D eigenvalue weighted by Crippen LogP contribution is 2.31. The van der Waals surface area contributed by atoms with E-state index in [0.717, 1.165) is 24.0 Å². The minimum absolute atomic E-state index is 0.170. The first kappa shape index (κ1) is 18.4. The van der Waals surface area contributed by atoms with E-state index >= 15 is 0 Å². The molecule has 1 amide bonds. The summed E-state index contributed by atoms with van der Waals surface area (Å²) < 4.78 is 38.2. The largest absolute Gasteiger partial charge is 0.326 e. The number of hydrogen-bond donors (Lipinski definition) is 1. The van der Waals surface area contributed by atoms with E-state index in [1.807, 2.05) is 6.07 Å². The van der Waals surface area contributed by atoms with Gasteiger partial charge in [0.2, 0.25) is 15.9 Å². The smallest absolute Gasteiger partial charge is 0.232 e. The molecule has 138 valence electrons. The first-order chi connectivity index (χ1) is 12.3. The number of amides is 1. The number of nitrogens with zero attached hydrogens (tertiary/aromatic N) is 1. The number of carbonyl (C=O) groups is 1. The standard InChI is InChI=1S/C19H21FN2O3S/c1-26(24,25)22-12-2-3-15-7-10-17(13-18(15)22)21-19(23)11-6-14-4-8-16(20)9-5-14/h4-5,7-10,13H,2-3,6,11-12H2,1H3,(H,21,23). The van der Waals surface area contributed by atoms with E-state index < -0.39 is 10.0 Å². The lowest BCUT2D eigenvalue weighted by atomic mass is 10.0. The van der Waals surface area contributed by atoms with Crippen LogP contribution < -0.4 is 9.62 Å². The number of rotatable bonds is 5. The number of fused-ring (bicyclic) bond motifs is 1. The number of benzene rings is 2. The van der Waals surface area contributed by atoms with E-state index in [9.17, 15) is 17.6 Å². The molecule has 0 saturated carbocycles. The van der Waals surface area contributed by atoms with Crippen LogP contribution >= 0.6 is 0 Å². The second-order valence-corrected chi connectivity index (χ2v) is 8.36. The molecule has 1 aliphatic heterocycles. The molecule has 0 fully saturated rings. The van der Waals surface area contributed by atoms with Crippen LogP contribution in [-0.4, -0.2) is 27.1 Å². The predicted octanol–water partition coefficient (Wildman–Crippen LogP) is 3.11. The summed E-state index contributed by atoms with van der Waals surface area (Å²) in [6, 6.07) is 11.4. The van der Waals surface area contributed by atoms with Crippen molar-refractivity contribution < 1.29 is 17.6 Å². The SMILES string of the molecule is CS(=O)(=O)N1CCCc2ccc(NC(=O)CCc3ccc(F)cc3)cc21. The van der Waals surface area contributed by atoms with Gasteiger partial charge >= 0.3 is 0 Å². The lowest BCUT2D eigenvalue weighted by Gasteiger charge is -2.29. The molecular formula is C19H21FN2O3S. The van der Waals surface area contributed by atoms with Gasteiger partial charge in [0, 0.05) is 18.7 Å². The van der Waals surface area contributed by atoms with Crippen molar-refractivity contribution in [1.29, 1.82) is 0 Å². The molecule has 2 aromatic carbocycles. The third-order valence-electron chi connectivity index (χ3n) is 4.40. The molecule has 26 heavy (non-hydrogen) atoms. The zero-order chi connectivity index (χ0) is 18.7. The maximum absolute atomic E-state index is 12.9. The minimum atomic E-state index is -3.34. The summed E-state index contributed by atoms with van der Waals surface area (Å²) in [7, 11) is -3.34. The Bertz CT molecular complexity index is 911. The quantitative estimate of drug-likeness (QED) is 0.872. The summed E-state index contributed by atoms with van der Waals surface area (Å²) in [6.07, 6.45) is 3.56. The maximum Gasteiger partial charge on any atom is 0.232 e. The van der Waals surface area contributed by atoms with Crippen molar-refractivity contribution in [3.05, 3.63) is 59.4 Å². The molecule has 0 aromatic heterocycles. The molecule has 0 aliphatic carbocycles. The van der Waals surface area contributed by atoms with Crippen molar-refractivity contribution in [2.24, 2.45) is 0 Å². The van der Waals surface area contributed by atoms with Crippen LogP contribution in [0.3, 0.4) is 0 Å². The van der Waals surface area contributed by atoms with E-state index in [-0.39, 0.29) is 18.1 Å². The van der Waals surface area contributed by atoms with Crippen LogP contribution in [0, 0.1) is 5.82 Å². The molecule has 5 nitrogen and oxygen atoms in total. The normalized spacial score (nSPS) is 14.0. The third kappa shape index (κ3) is 4.40. The second-order valence-electron chi connectivity index (χ2n) is 6.46. The Labute approximate surface area is 152 Å². The summed E-state index contributed by atoms with van der Waals surface area (Å²) in [4.78, 5) is 12.2. The Morgan fingerprint density at radius 1 is 1.19 bits per heavy atom. The average Bonchev–Trinajstić information content (AvgIpc) is 2.60. The van der Waals surface area contributed by atoms with Crippen molar-refractivity contribution in [2.45, 2.75) is 25.7 Å². The monoisotopic (exact) mass is 376 g/mol. The van der Waals surface area contributed by atoms with Gasteiger partial charge in [0.05, 0.1) is 11.9 Å². The van der Waals surface area contributed by atoms with Gasteiger partial charge in [0.1, 0.15) is 5.82 Å². The number of sulfonamides is 1. The van der Waals surface area contributed by atoms with E-state index in [4.69, 9.17) is 0 Å². The number of anilines is 2. The lowest BCUT2D eigenvalue weighted by molar-refractivity contribution is -0.116. The fraction of sp³-hybridized carbons (Fsp3) is 0.316. The summed E-state index contributed by atoms with van der Waals surface area (Å²) in [5, 5.41) is 2.81. The van der Waals surface area contributed by atoms with Gasteiger partial charge < -0.3 is 5.32 Å². The van der Waals surface area contributed by atoms with Crippen molar-refractivity contribution in [3.63, 3.8) is 0 Å². The lowest BCUT2D eigenvalue weighted by Crippen LogP contribution is -2.34. The zero-order valence-electron chi connectivity index (χ0n) is 14.5. The Hall–Kier alpha value is -2.41. The molecule has 0 saturated heterocycles. The number of nitrogens with one attached hydrogen (secondary N) is 1. The Balaban J connectivity index is 1.68. The Morgan fingerprint density at radius 2 is 1.92 bits per heavy atom. The Kier molecular flexibility index (Phi) is 5.27. The van der Waals surface area contributed by atoms with Crippen LogP contribution in [0.4, 0.5) is 15.8 Å². The van der Waals surface area contributed by atoms with Crippen LogP contribution in [0.1, 0.15) is 24.0 Å². The first-order valence-corrected chi connectivity index (χ1v) is 10.3. The maximum atomic E-state index is 12.9. The van der Waals surface area contributed by atoms with Gasteiger partial charge in [-0.25, -0.2) is 12.8 Å². The van der Waals surface area contributed by atoms with E-state index in [1.165, 1.54) is 22.7 Å². The molecule has 0 spiro atoms. The second kappa shape index (κ2) is 7.45. The third-order valence-corrected chi connectivity index (χ3v) is 5.58. The van der Waals surface area contributed by atoms with Crippen molar-refractivity contribution in [2.75, 3.05) is 22.4 Å². The topological polar surface area (TPSA) is 66.5 Å².